The SMILES string of the molecule is CCCCCCc1cnc(C(OS(C)(=O)=O)C2CCCCC2)nc1. The minimum Gasteiger partial charge on any atom is -0.258 e. The fourth-order valence-corrected chi connectivity index (χ4v) is 3.97. The van der Waals surface area contributed by atoms with Crippen LogP contribution in [0.15, 0.2) is 12.4 Å². The molecule has 1 fully saturated rings. The summed E-state index contributed by atoms with van der Waals surface area (Å²) in [5.74, 6) is 0.688. The largest absolute Gasteiger partial charge is 0.265 e. The van der Waals surface area contributed by atoms with Gasteiger partial charge in [-0.25, -0.2) is 9.97 Å². The van der Waals surface area contributed by atoms with E-state index in [1.54, 1.807) is 0 Å². The molecule has 0 N–H and O–H groups in total. The number of hydrogen-bond acceptors (Lipinski definition) is 5. The topological polar surface area (TPSA) is 69.2 Å². The Labute approximate surface area is 146 Å². The fourth-order valence-electron chi connectivity index (χ4n) is 3.35. The second kappa shape index (κ2) is 9.47. The van der Waals surface area contributed by atoms with Crippen LogP contribution in [0.2, 0.25) is 0 Å². The van der Waals surface area contributed by atoms with Crippen LogP contribution in [0.25, 0.3) is 0 Å². The smallest absolute Gasteiger partial charge is 0.258 e. The predicted octanol–water partition coefficient (Wildman–Crippen LogP) is 4.20. The van der Waals surface area contributed by atoms with Crippen LogP contribution in [-0.4, -0.2) is 24.6 Å². The third-order valence-electron chi connectivity index (χ3n) is 4.66. The van der Waals surface area contributed by atoms with E-state index in [1.165, 1.54) is 25.7 Å². The first-order valence-electron chi connectivity index (χ1n) is 9.18. The molecular weight excluding hydrogens is 324 g/mol. The molecule has 2 rings (SSSR count). The molecule has 1 heterocycles. The molecule has 5 nitrogen and oxygen atoms in total. The van der Waals surface area contributed by atoms with Crippen molar-refractivity contribution in [2.45, 2.75) is 77.2 Å². The van der Waals surface area contributed by atoms with Crippen molar-refractivity contribution in [3.8, 4) is 0 Å². The van der Waals surface area contributed by atoms with Crippen molar-refractivity contribution in [2.24, 2.45) is 5.92 Å². The molecule has 0 aromatic carbocycles. The molecule has 0 aliphatic heterocycles. The van der Waals surface area contributed by atoms with Gasteiger partial charge in [-0.2, -0.15) is 8.42 Å². The van der Waals surface area contributed by atoms with Gasteiger partial charge >= 0.3 is 0 Å². The Bertz CT molecular complexity index is 581. The molecule has 6 heteroatoms. The average Bonchev–Trinajstić information content (AvgIpc) is 2.57. The molecule has 1 saturated carbocycles. The molecule has 0 radical (unpaired) electrons. The quantitative estimate of drug-likeness (QED) is 0.491. The Morgan fingerprint density at radius 1 is 1.12 bits per heavy atom. The molecule has 1 unspecified atom stereocenters. The van der Waals surface area contributed by atoms with Crippen LogP contribution in [0.5, 0.6) is 0 Å². The number of aromatic nitrogens is 2. The molecule has 24 heavy (non-hydrogen) atoms. The molecule has 1 aliphatic carbocycles. The third-order valence-corrected chi connectivity index (χ3v) is 5.21. The van der Waals surface area contributed by atoms with Crippen molar-refractivity contribution < 1.29 is 12.6 Å². The Morgan fingerprint density at radius 2 is 1.79 bits per heavy atom. The number of rotatable bonds is 9. The first-order chi connectivity index (χ1) is 11.5. The van der Waals surface area contributed by atoms with Gasteiger partial charge in [0.1, 0.15) is 6.10 Å². The lowest BCUT2D eigenvalue weighted by molar-refractivity contribution is 0.108. The summed E-state index contributed by atoms with van der Waals surface area (Å²) in [5.41, 5.74) is 1.11. The van der Waals surface area contributed by atoms with E-state index < -0.39 is 16.2 Å². The summed E-state index contributed by atoms with van der Waals surface area (Å²) in [6.45, 7) is 2.20. The molecule has 0 spiro atoms. The summed E-state index contributed by atoms with van der Waals surface area (Å²) >= 11 is 0. The lowest BCUT2D eigenvalue weighted by atomic mass is 9.85. The monoisotopic (exact) mass is 354 g/mol. The summed E-state index contributed by atoms with van der Waals surface area (Å²) in [4.78, 5) is 8.87. The average molecular weight is 355 g/mol. The van der Waals surface area contributed by atoms with Crippen LogP contribution in [0, 0.1) is 5.92 Å². The van der Waals surface area contributed by atoms with Crippen LogP contribution < -0.4 is 0 Å². The summed E-state index contributed by atoms with van der Waals surface area (Å²) < 4.78 is 28.7. The molecule has 136 valence electrons. The normalized spacial score (nSPS) is 17.8. The van der Waals surface area contributed by atoms with Crippen molar-refractivity contribution in [3.05, 3.63) is 23.8 Å². The van der Waals surface area contributed by atoms with Gasteiger partial charge in [0.2, 0.25) is 0 Å². The van der Waals surface area contributed by atoms with Crippen LogP contribution in [0.1, 0.15) is 82.2 Å². The summed E-state index contributed by atoms with van der Waals surface area (Å²) in [7, 11) is -3.53. The lowest BCUT2D eigenvalue weighted by Gasteiger charge is -2.28. The van der Waals surface area contributed by atoms with E-state index in [-0.39, 0.29) is 5.92 Å². The Hall–Kier alpha value is -1.01. The summed E-state index contributed by atoms with van der Waals surface area (Å²) in [6.07, 6.45) is 15.4. The van der Waals surface area contributed by atoms with Crippen LogP contribution in [0.3, 0.4) is 0 Å². The van der Waals surface area contributed by atoms with E-state index in [1.807, 2.05) is 12.4 Å². The molecule has 1 aliphatic rings. The Kier molecular flexibility index (Phi) is 7.62. The highest BCUT2D eigenvalue weighted by atomic mass is 32.2. The number of hydrogen-bond donors (Lipinski definition) is 0. The highest BCUT2D eigenvalue weighted by Crippen LogP contribution is 2.36. The maximum Gasteiger partial charge on any atom is 0.265 e. The molecule has 0 amide bonds. The van der Waals surface area contributed by atoms with Crippen molar-refractivity contribution >= 4 is 10.1 Å². The lowest BCUT2D eigenvalue weighted by Crippen LogP contribution is -2.23. The van der Waals surface area contributed by atoms with Crippen LogP contribution in [-0.2, 0) is 20.7 Å². The second-order valence-corrected chi connectivity index (χ2v) is 8.48. The fraction of sp³-hybridized carbons (Fsp3) is 0.778. The van der Waals surface area contributed by atoms with Gasteiger partial charge < -0.3 is 0 Å². The van der Waals surface area contributed by atoms with Crippen LogP contribution >= 0.6 is 0 Å². The number of unbranched alkanes of at least 4 members (excludes halogenated alkanes) is 3. The Morgan fingerprint density at radius 3 is 2.38 bits per heavy atom. The molecule has 1 aromatic rings. The van der Waals surface area contributed by atoms with E-state index in [0.717, 1.165) is 50.3 Å². The van der Waals surface area contributed by atoms with Crippen molar-refractivity contribution in [2.75, 3.05) is 6.26 Å². The van der Waals surface area contributed by atoms with Gasteiger partial charge in [-0.3, -0.25) is 4.18 Å². The number of aryl methyl sites for hydroxylation is 1. The number of nitrogens with zero attached hydrogens (tertiary/aromatic N) is 2. The summed E-state index contributed by atoms with van der Waals surface area (Å²) in [5, 5.41) is 0. The van der Waals surface area contributed by atoms with Gasteiger partial charge in [-0.15, -0.1) is 0 Å². The van der Waals surface area contributed by atoms with E-state index in [0.29, 0.717) is 5.82 Å². The van der Waals surface area contributed by atoms with Crippen molar-refractivity contribution in [3.63, 3.8) is 0 Å². The van der Waals surface area contributed by atoms with Crippen molar-refractivity contribution in [1.29, 1.82) is 0 Å². The maximum atomic E-state index is 11.6. The van der Waals surface area contributed by atoms with Gasteiger partial charge in [0.25, 0.3) is 10.1 Å². The van der Waals surface area contributed by atoms with E-state index >= 15 is 0 Å². The molecule has 1 atom stereocenters. The zero-order valence-electron chi connectivity index (χ0n) is 14.9. The zero-order chi connectivity index (χ0) is 17.4. The van der Waals surface area contributed by atoms with Crippen molar-refractivity contribution in [1.82, 2.24) is 9.97 Å². The van der Waals surface area contributed by atoms with Gasteiger partial charge in [0.15, 0.2) is 5.82 Å². The Balaban J connectivity index is 2.05. The second-order valence-electron chi connectivity index (χ2n) is 6.88. The molecular formula is C18H30N2O3S. The van der Waals surface area contributed by atoms with Gasteiger partial charge in [0, 0.05) is 12.4 Å². The van der Waals surface area contributed by atoms with E-state index in [4.69, 9.17) is 4.18 Å². The van der Waals surface area contributed by atoms with E-state index in [2.05, 4.69) is 16.9 Å². The first kappa shape index (κ1) is 19.3. The van der Waals surface area contributed by atoms with E-state index in [9.17, 15) is 8.42 Å². The van der Waals surface area contributed by atoms with Gasteiger partial charge in [0.05, 0.1) is 6.26 Å². The van der Waals surface area contributed by atoms with Gasteiger partial charge in [-0.05, 0) is 37.2 Å². The minimum atomic E-state index is -3.53. The molecule has 0 saturated heterocycles. The first-order valence-corrected chi connectivity index (χ1v) is 11.0. The highest BCUT2D eigenvalue weighted by molar-refractivity contribution is 7.86. The van der Waals surface area contributed by atoms with Crippen LogP contribution in [0.4, 0.5) is 0 Å². The maximum absolute atomic E-state index is 11.6. The molecule has 1 aromatic heterocycles. The third kappa shape index (κ3) is 6.48. The summed E-state index contributed by atoms with van der Waals surface area (Å²) in [6, 6.07) is 0. The minimum absolute atomic E-state index is 0.184. The predicted molar refractivity (Wildman–Crippen MR) is 95.1 cm³/mol. The van der Waals surface area contributed by atoms with Gasteiger partial charge in [-0.1, -0.05) is 45.4 Å². The highest BCUT2D eigenvalue weighted by Gasteiger charge is 2.31. The molecule has 0 bridgehead atoms. The standard InChI is InChI=1S/C18H30N2O3S/c1-3-4-5-7-10-15-13-19-18(20-14-15)17(23-24(2,21)22)16-11-8-6-9-12-16/h13-14,16-17H,3-12H2,1-2H3. The zero-order valence-corrected chi connectivity index (χ0v) is 15.7.